The molecular weight excluding hydrogens is 581 g/mol. The number of hydrogen-bond donors (Lipinski definition) is 0. The van der Waals surface area contributed by atoms with Crippen molar-refractivity contribution in [3.8, 4) is 16.8 Å². The van der Waals surface area contributed by atoms with E-state index in [0.29, 0.717) is 0 Å². The molecule has 2 heteroatoms. The molecule has 0 N–H and O–H groups in total. The predicted molar refractivity (Wildman–Crippen MR) is 203 cm³/mol. The van der Waals surface area contributed by atoms with Crippen LogP contribution in [0.5, 0.6) is 0 Å². The van der Waals surface area contributed by atoms with Crippen LogP contribution in [0.25, 0.3) is 60.7 Å². The molecular formula is C46H30N2. The van der Waals surface area contributed by atoms with Crippen LogP contribution in [-0.2, 0) is 0 Å². The Bertz CT molecular complexity index is 2560. The van der Waals surface area contributed by atoms with Gasteiger partial charge < -0.3 is 4.57 Å². The Morgan fingerprint density at radius 1 is 0.417 bits per heavy atom. The summed E-state index contributed by atoms with van der Waals surface area (Å²) in [6.07, 6.45) is 4.28. The van der Waals surface area contributed by atoms with E-state index in [1.165, 1.54) is 43.7 Å². The van der Waals surface area contributed by atoms with E-state index in [2.05, 4.69) is 168 Å². The number of hydrogen-bond acceptors (Lipinski definition) is 1. The van der Waals surface area contributed by atoms with Gasteiger partial charge in [-0.25, -0.2) is 4.99 Å². The van der Waals surface area contributed by atoms with Crippen LogP contribution in [0.2, 0.25) is 0 Å². The molecule has 0 saturated heterocycles. The lowest BCUT2D eigenvalue weighted by molar-refractivity contribution is 1.18. The second-order valence-corrected chi connectivity index (χ2v) is 12.1. The van der Waals surface area contributed by atoms with Crippen molar-refractivity contribution in [3.05, 3.63) is 204 Å². The summed E-state index contributed by atoms with van der Waals surface area (Å²) in [6, 6.07) is 60.2. The van der Waals surface area contributed by atoms with Gasteiger partial charge in [-0.1, -0.05) is 151 Å². The van der Waals surface area contributed by atoms with Crippen LogP contribution in [0.4, 0.5) is 0 Å². The summed E-state index contributed by atoms with van der Waals surface area (Å²) in [6.45, 7) is 0. The summed E-state index contributed by atoms with van der Waals surface area (Å²) in [7, 11) is 0. The van der Waals surface area contributed by atoms with Crippen molar-refractivity contribution in [2.75, 3.05) is 0 Å². The van der Waals surface area contributed by atoms with Gasteiger partial charge in [-0.05, 0) is 69.5 Å². The fourth-order valence-electron chi connectivity index (χ4n) is 6.97. The van der Waals surface area contributed by atoms with E-state index < -0.39 is 0 Å². The molecule has 2 nitrogen and oxygen atoms in total. The normalized spacial score (nSPS) is 13.0. The zero-order chi connectivity index (χ0) is 31.9. The van der Waals surface area contributed by atoms with Crippen LogP contribution < -0.4 is 0 Å². The number of aromatic nitrogens is 1. The van der Waals surface area contributed by atoms with Crippen molar-refractivity contribution in [2.45, 2.75) is 0 Å². The van der Waals surface area contributed by atoms with Gasteiger partial charge in [-0.2, -0.15) is 0 Å². The number of para-hydroxylation sites is 2. The molecule has 224 valence electrons. The molecule has 2 heterocycles. The third-order valence-corrected chi connectivity index (χ3v) is 9.26. The zero-order valence-electron chi connectivity index (χ0n) is 26.2. The third-order valence-electron chi connectivity index (χ3n) is 9.26. The highest BCUT2D eigenvalue weighted by molar-refractivity contribution is 6.17. The Morgan fingerprint density at radius 2 is 0.938 bits per heavy atom. The first kappa shape index (κ1) is 27.8. The molecule has 1 aliphatic heterocycles. The number of aliphatic imine (C=N–C) groups is 1. The van der Waals surface area contributed by atoms with Crippen LogP contribution in [-0.4, -0.2) is 10.3 Å². The minimum atomic E-state index is 0.824. The average molecular weight is 611 g/mol. The first-order chi connectivity index (χ1) is 23.8. The van der Waals surface area contributed by atoms with Gasteiger partial charge in [0.25, 0.3) is 0 Å². The van der Waals surface area contributed by atoms with E-state index in [0.717, 1.165) is 39.4 Å². The van der Waals surface area contributed by atoms with Crippen LogP contribution >= 0.6 is 0 Å². The summed E-state index contributed by atoms with van der Waals surface area (Å²) < 4.78 is 2.36. The van der Waals surface area contributed by atoms with Crippen molar-refractivity contribution < 1.29 is 0 Å². The molecule has 7 aromatic carbocycles. The number of benzene rings is 7. The Balaban J connectivity index is 1.16. The van der Waals surface area contributed by atoms with Gasteiger partial charge in [0.1, 0.15) is 5.70 Å². The standard InChI is InChI=1S/C46H30N2/c1-3-13-33(14-4-1)43-30-25-35(31-44(47-43)34-15-5-2-6-16-34)38-29-28-37(39-17-7-8-18-40(38)39)32-23-26-36(27-24-32)48-45-21-11-9-19-41(45)42-20-10-12-22-46(42)48/h1-29,31H. The lowest BCUT2D eigenvalue weighted by atomic mass is 9.91. The lowest BCUT2D eigenvalue weighted by Crippen LogP contribution is -1.98. The van der Waals surface area contributed by atoms with Crippen molar-refractivity contribution in [2.24, 2.45) is 4.99 Å². The van der Waals surface area contributed by atoms with Crippen LogP contribution in [0, 0.1) is 0 Å². The van der Waals surface area contributed by atoms with Gasteiger partial charge in [-0.15, -0.1) is 0 Å². The van der Waals surface area contributed by atoms with E-state index in [1.54, 1.807) is 0 Å². The van der Waals surface area contributed by atoms with Crippen molar-refractivity contribution in [3.63, 3.8) is 0 Å². The van der Waals surface area contributed by atoms with Crippen molar-refractivity contribution in [1.29, 1.82) is 0 Å². The Hall–Kier alpha value is -6.47. The lowest BCUT2D eigenvalue weighted by Gasteiger charge is -2.14. The molecule has 1 aromatic heterocycles. The maximum absolute atomic E-state index is 5.12. The van der Waals surface area contributed by atoms with Crippen LogP contribution in [0.3, 0.4) is 0 Å². The minimum absolute atomic E-state index is 0.824. The second kappa shape index (κ2) is 11.7. The molecule has 0 atom stereocenters. The first-order valence-electron chi connectivity index (χ1n) is 16.3. The van der Waals surface area contributed by atoms with Crippen LogP contribution in [0.1, 0.15) is 16.7 Å². The van der Waals surface area contributed by atoms with Gasteiger partial charge in [0, 0.05) is 27.6 Å². The van der Waals surface area contributed by atoms with Crippen molar-refractivity contribution in [1.82, 2.24) is 4.57 Å². The Kier molecular flexibility index (Phi) is 6.79. The maximum atomic E-state index is 5.12. The second-order valence-electron chi connectivity index (χ2n) is 12.1. The molecule has 0 fully saturated rings. The molecule has 1 aliphatic rings. The van der Waals surface area contributed by atoms with Gasteiger partial charge in [0.05, 0.1) is 16.7 Å². The number of fused-ring (bicyclic) bond motifs is 4. The summed E-state index contributed by atoms with van der Waals surface area (Å²) in [5.74, 6) is 0. The molecule has 0 saturated carbocycles. The van der Waals surface area contributed by atoms with Gasteiger partial charge >= 0.3 is 0 Å². The van der Waals surface area contributed by atoms with E-state index in [-0.39, 0.29) is 0 Å². The smallest absolute Gasteiger partial charge is 0.113 e. The number of rotatable bonds is 5. The highest BCUT2D eigenvalue weighted by atomic mass is 15.0. The number of nitrogens with zero attached hydrogens (tertiary/aromatic N) is 2. The van der Waals surface area contributed by atoms with E-state index in [1.807, 2.05) is 24.3 Å². The summed E-state index contributed by atoms with van der Waals surface area (Å²) >= 11 is 0. The first-order valence-corrected chi connectivity index (χ1v) is 16.3. The SMILES string of the molecule is C1=CC(c2ccc(-c3ccc(-n4c5ccccc5c5ccccc54)cc3)c3ccccc23)=CC(c2ccccc2)=NC=1c1ccccc1. The highest BCUT2D eigenvalue weighted by Crippen LogP contribution is 2.37. The molecule has 0 amide bonds. The molecule has 9 rings (SSSR count). The monoisotopic (exact) mass is 610 g/mol. The Labute approximate surface area is 279 Å². The topological polar surface area (TPSA) is 17.3 Å². The fraction of sp³-hybridized carbons (Fsp3) is 0. The summed E-state index contributed by atoms with van der Waals surface area (Å²) in [4.78, 5) is 5.12. The minimum Gasteiger partial charge on any atom is -0.309 e. The quantitative estimate of drug-likeness (QED) is 0.173. The molecule has 0 radical (unpaired) electrons. The molecule has 0 aliphatic carbocycles. The fourth-order valence-corrected chi connectivity index (χ4v) is 6.97. The summed E-state index contributed by atoms with van der Waals surface area (Å²) in [5.41, 5.74) is 15.6. The third kappa shape index (κ3) is 4.80. The Morgan fingerprint density at radius 3 is 1.58 bits per heavy atom. The maximum Gasteiger partial charge on any atom is 0.113 e. The van der Waals surface area contributed by atoms with E-state index >= 15 is 0 Å². The average Bonchev–Trinajstić information content (AvgIpc) is 3.33. The predicted octanol–water partition coefficient (Wildman–Crippen LogP) is 11.7. The van der Waals surface area contributed by atoms with Crippen molar-refractivity contribution >= 4 is 49.6 Å². The molecule has 0 spiro atoms. The van der Waals surface area contributed by atoms with Gasteiger partial charge in [0.15, 0.2) is 0 Å². The molecule has 0 unspecified atom stereocenters. The van der Waals surface area contributed by atoms with Gasteiger partial charge in [-0.3, -0.25) is 0 Å². The molecule has 48 heavy (non-hydrogen) atoms. The molecule has 0 bridgehead atoms. The van der Waals surface area contributed by atoms with Gasteiger partial charge in [0.2, 0.25) is 0 Å². The largest absolute Gasteiger partial charge is 0.309 e. The van der Waals surface area contributed by atoms with E-state index in [4.69, 9.17) is 4.99 Å². The highest BCUT2D eigenvalue weighted by Gasteiger charge is 2.15. The zero-order valence-corrected chi connectivity index (χ0v) is 26.2. The summed E-state index contributed by atoms with van der Waals surface area (Å²) in [5, 5.41) is 4.95. The molecule has 8 aromatic rings. The van der Waals surface area contributed by atoms with E-state index in [9.17, 15) is 0 Å². The number of allylic oxidation sites excluding steroid dienone is 3. The van der Waals surface area contributed by atoms with Crippen LogP contribution in [0.15, 0.2) is 193 Å².